The molecule has 1 aromatic rings. The van der Waals surface area contributed by atoms with Crippen molar-refractivity contribution in [3.63, 3.8) is 0 Å². The number of benzene rings is 1. The molecule has 0 aliphatic carbocycles. The van der Waals surface area contributed by atoms with Crippen LogP contribution in [0.1, 0.15) is 50.7 Å². The lowest BCUT2D eigenvalue weighted by molar-refractivity contribution is 0.381. The van der Waals surface area contributed by atoms with Crippen molar-refractivity contribution in [3.8, 4) is 0 Å². The maximum atomic E-state index is 13.9. The van der Waals surface area contributed by atoms with E-state index in [4.69, 9.17) is 4.55 Å². The smallest absolute Gasteiger partial charge is 0.234 e. The van der Waals surface area contributed by atoms with Crippen LogP contribution in [-0.2, 0) is 11.1 Å². The highest BCUT2D eigenvalue weighted by molar-refractivity contribution is 7.96. The van der Waals surface area contributed by atoms with Gasteiger partial charge in [-0.05, 0) is 35.1 Å². The number of amidine groups is 1. The Hall–Kier alpha value is -1.23. The van der Waals surface area contributed by atoms with Crippen LogP contribution in [0.15, 0.2) is 17.1 Å². The molecule has 0 bridgehead atoms. The summed E-state index contributed by atoms with van der Waals surface area (Å²) < 4.78 is 48.3. The van der Waals surface area contributed by atoms with Crippen molar-refractivity contribution >= 4 is 34.3 Å². The molecule has 1 aromatic carbocycles. The summed E-state index contributed by atoms with van der Waals surface area (Å²) in [5.41, 5.74) is 4.52. The van der Waals surface area contributed by atoms with Crippen molar-refractivity contribution in [2.75, 3.05) is 5.32 Å². The summed E-state index contributed by atoms with van der Waals surface area (Å²) in [6.45, 7) is 7.71. The molecule has 0 spiro atoms. The highest BCUT2D eigenvalue weighted by Gasteiger charge is 2.31. The average molecular weight is 378 g/mol. The minimum absolute atomic E-state index is 0.0250. The van der Waals surface area contributed by atoms with E-state index in [-0.39, 0.29) is 35.2 Å². The molecule has 10 heteroatoms. The first kappa shape index (κ1) is 19.1. The third-order valence-electron chi connectivity index (χ3n) is 3.59. The number of nitrogens with one attached hydrogen (secondary N) is 2. The Bertz CT molecular complexity index is 641. The molecule has 1 aliphatic heterocycles. The van der Waals surface area contributed by atoms with E-state index >= 15 is 0 Å². The van der Waals surface area contributed by atoms with Crippen LogP contribution in [0.4, 0.5) is 14.0 Å². The molecule has 0 aromatic heterocycles. The highest BCUT2D eigenvalue weighted by atomic mass is 32.2. The molecule has 1 aliphatic rings. The average Bonchev–Trinajstić information content (AvgIpc) is 2.91. The van der Waals surface area contributed by atoms with E-state index in [0.29, 0.717) is 5.69 Å². The van der Waals surface area contributed by atoms with Gasteiger partial charge in [-0.15, -0.1) is 3.89 Å². The van der Waals surface area contributed by atoms with Crippen molar-refractivity contribution in [1.29, 1.82) is 0 Å². The van der Waals surface area contributed by atoms with E-state index in [1.54, 1.807) is 0 Å². The predicted octanol–water partition coefficient (Wildman–Crippen LogP) is 3.70. The SMILES string of the molecule is CC(C)c1cc(F)cc(C(C)C)c1NC1N=C(S(=O)O)NN1SF. The van der Waals surface area contributed by atoms with Crippen LogP contribution < -0.4 is 10.7 Å². The molecule has 134 valence electrons. The summed E-state index contributed by atoms with van der Waals surface area (Å²) in [5.74, 6) is -0.288. The van der Waals surface area contributed by atoms with Crippen molar-refractivity contribution in [3.05, 3.63) is 29.1 Å². The highest BCUT2D eigenvalue weighted by Crippen LogP contribution is 2.35. The fourth-order valence-corrected chi connectivity index (χ4v) is 3.15. The van der Waals surface area contributed by atoms with Crippen LogP contribution in [0.3, 0.4) is 0 Å². The summed E-state index contributed by atoms with van der Waals surface area (Å²) >= 11 is -2.52. The third kappa shape index (κ3) is 4.05. The molecule has 0 fully saturated rings. The van der Waals surface area contributed by atoms with Gasteiger partial charge >= 0.3 is 0 Å². The zero-order valence-electron chi connectivity index (χ0n) is 13.7. The first-order valence-corrected chi connectivity index (χ1v) is 9.15. The van der Waals surface area contributed by atoms with Crippen LogP contribution in [0.25, 0.3) is 0 Å². The third-order valence-corrected chi connectivity index (χ3v) is 4.56. The number of anilines is 1. The quantitative estimate of drug-likeness (QED) is 0.536. The van der Waals surface area contributed by atoms with Crippen LogP contribution in [0.5, 0.6) is 0 Å². The maximum absolute atomic E-state index is 13.9. The number of hydrogen-bond donors (Lipinski definition) is 3. The Balaban J connectivity index is 2.46. The predicted molar refractivity (Wildman–Crippen MR) is 93.9 cm³/mol. The molecule has 0 saturated carbocycles. The molecule has 3 N–H and O–H groups in total. The van der Waals surface area contributed by atoms with Gasteiger partial charge in [0.2, 0.25) is 22.5 Å². The summed E-state index contributed by atoms with van der Waals surface area (Å²) in [5, 5.41) is 2.80. The van der Waals surface area contributed by atoms with Gasteiger partial charge in [-0.25, -0.2) is 13.6 Å². The Labute approximate surface area is 146 Å². The number of aliphatic imine (C=N–C) groups is 1. The van der Waals surface area contributed by atoms with Crippen molar-refractivity contribution in [2.24, 2.45) is 4.99 Å². The Morgan fingerprint density at radius 3 is 2.29 bits per heavy atom. The Morgan fingerprint density at radius 2 is 1.88 bits per heavy atom. The summed E-state index contributed by atoms with van der Waals surface area (Å²) in [6.07, 6.45) is -0.938. The molecule has 0 radical (unpaired) electrons. The lowest BCUT2D eigenvalue weighted by atomic mass is 9.92. The number of nitrogens with zero attached hydrogens (tertiary/aromatic N) is 2. The van der Waals surface area contributed by atoms with Crippen molar-refractivity contribution in [2.45, 2.75) is 45.8 Å². The molecule has 6 nitrogen and oxygen atoms in total. The largest absolute Gasteiger partial charge is 0.349 e. The fourth-order valence-electron chi connectivity index (χ4n) is 2.43. The van der Waals surface area contributed by atoms with Crippen LogP contribution in [0.2, 0.25) is 0 Å². The van der Waals surface area contributed by atoms with E-state index < -0.39 is 17.4 Å². The van der Waals surface area contributed by atoms with Gasteiger partial charge in [0, 0.05) is 5.69 Å². The molecule has 0 saturated heterocycles. The number of rotatable bonds is 5. The summed E-state index contributed by atoms with van der Waals surface area (Å²) in [4.78, 5) is 3.97. The lowest BCUT2D eigenvalue weighted by Gasteiger charge is -2.25. The Kier molecular flexibility index (Phi) is 6.18. The first-order chi connectivity index (χ1) is 11.2. The van der Waals surface area contributed by atoms with Crippen LogP contribution in [0, 0.1) is 5.82 Å². The monoisotopic (exact) mass is 378 g/mol. The molecule has 2 unspecified atom stereocenters. The summed E-state index contributed by atoms with van der Waals surface area (Å²) in [6, 6.07) is 2.87. The number of hydrazine groups is 1. The number of halogens is 2. The van der Waals surface area contributed by atoms with Crippen molar-refractivity contribution in [1.82, 2.24) is 9.84 Å². The fraction of sp³-hybridized carbons (Fsp3) is 0.500. The molecular formula is C14H20F2N4O2S2. The van der Waals surface area contributed by atoms with Crippen molar-refractivity contribution < 1.29 is 17.0 Å². The van der Waals surface area contributed by atoms with Crippen LogP contribution >= 0.6 is 12.3 Å². The van der Waals surface area contributed by atoms with E-state index in [1.165, 1.54) is 12.1 Å². The van der Waals surface area contributed by atoms with E-state index in [0.717, 1.165) is 15.5 Å². The minimum atomic E-state index is -2.36. The second-order valence-electron chi connectivity index (χ2n) is 5.98. The van der Waals surface area contributed by atoms with Gasteiger partial charge in [0.1, 0.15) is 5.82 Å². The molecule has 2 rings (SSSR count). The van der Waals surface area contributed by atoms with Gasteiger partial charge in [0.05, 0.1) is 0 Å². The van der Waals surface area contributed by atoms with Gasteiger partial charge in [-0.2, -0.15) is 0 Å². The molecule has 0 amide bonds. The molecule has 24 heavy (non-hydrogen) atoms. The number of hydrogen-bond acceptors (Lipinski definition) is 6. The van der Waals surface area contributed by atoms with Gasteiger partial charge in [0.25, 0.3) is 0 Å². The minimum Gasteiger partial charge on any atom is -0.349 e. The van der Waals surface area contributed by atoms with E-state index in [9.17, 15) is 12.5 Å². The second-order valence-corrected chi connectivity index (χ2v) is 7.39. The molecule has 2 atom stereocenters. The zero-order valence-corrected chi connectivity index (χ0v) is 15.3. The normalized spacial score (nSPS) is 19.5. The zero-order chi connectivity index (χ0) is 18.0. The molecule has 1 heterocycles. The van der Waals surface area contributed by atoms with E-state index in [2.05, 4.69) is 15.7 Å². The lowest BCUT2D eigenvalue weighted by Crippen LogP contribution is -2.39. The molecular weight excluding hydrogens is 358 g/mol. The van der Waals surface area contributed by atoms with Gasteiger partial charge < -0.3 is 5.32 Å². The second kappa shape index (κ2) is 7.77. The maximum Gasteiger partial charge on any atom is 0.234 e. The van der Waals surface area contributed by atoms with Crippen LogP contribution in [-0.4, -0.2) is 24.6 Å². The topological polar surface area (TPSA) is 77.0 Å². The van der Waals surface area contributed by atoms with Gasteiger partial charge in [-0.1, -0.05) is 32.1 Å². The van der Waals surface area contributed by atoms with Gasteiger partial charge in [0.15, 0.2) is 12.3 Å². The van der Waals surface area contributed by atoms with E-state index in [1.807, 2.05) is 27.7 Å². The standard InChI is InChI=1S/C14H20F2N4O2S2/c1-7(2)10-5-9(15)6-11(8(3)4)12(10)17-13-18-14(24(21)22)19-20(13)23-16/h5-8,13,17H,1-4H3,(H,18,19)(H,21,22). The van der Waals surface area contributed by atoms with Gasteiger partial charge in [-0.3, -0.25) is 9.98 Å². The summed E-state index contributed by atoms with van der Waals surface area (Å²) in [7, 11) is 0. The Morgan fingerprint density at radius 1 is 1.33 bits per heavy atom. The first-order valence-electron chi connectivity index (χ1n) is 7.37.